The predicted octanol–water partition coefficient (Wildman–Crippen LogP) is 4.77. The molecule has 0 unspecified atom stereocenters. The highest BCUT2D eigenvalue weighted by atomic mass is 35.5. The van der Waals surface area contributed by atoms with Gasteiger partial charge in [0.05, 0.1) is 23.4 Å². The number of aromatic nitrogens is 4. The molecule has 180 valence electrons. The Morgan fingerprint density at radius 1 is 1.18 bits per heavy atom. The number of piperidine rings is 1. The van der Waals surface area contributed by atoms with Gasteiger partial charge in [-0.1, -0.05) is 23.2 Å². The molecule has 8 nitrogen and oxygen atoms in total. The normalized spacial score (nSPS) is 19.7. The minimum absolute atomic E-state index is 0.203. The second-order valence-corrected chi connectivity index (χ2v) is 10.0. The average molecular weight is 504 g/mol. The highest BCUT2D eigenvalue weighted by molar-refractivity contribution is 6.44. The quantitative estimate of drug-likeness (QED) is 0.510. The van der Waals surface area contributed by atoms with Crippen LogP contribution in [0.3, 0.4) is 0 Å². The molecule has 2 aliphatic heterocycles. The van der Waals surface area contributed by atoms with Crippen LogP contribution in [0.2, 0.25) is 10.0 Å². The Kier molecular flexibility index (Phi) is 6.08. The molecule has 1 aromatic carbocycles. The van der Waals surface area contributed by atoms with Crippen molar-refractivity contribution in [3.63, 3.8) is 0 Å². The van der Waals surface area contributed by atoms with Crippen molar-refractivity contribution in [1.29, 1.82) is 0 Å². The second-order valence-electron chi connectivity index (χ2n) is 9.29. The summed E-state index contributed by atoms with van der Waals surface area (Å²) in [7, 11) is 1.79. The summed E-state index contributed by atoms with van der Waals surface area (Å²) in [6, 6.07) is 6.67. The van der Waals surface area contributed by atoms with Gasteiger partial charge in [-0.25, -0.2) is 4.98 Å². The maximum absolute atomic E-state index is 13.2. The fraction of sp³-hybridized carbons (Fsp3) is 0.458. The van der Waals surface area contributed by atoms with Crippen LogP contribution < -0.4 is 15.2 Å². The molecule has 2 saturated heterocycles. The average Bonchev–Trinajstić information content (AvgIpc) is 3.37. The van der Waals surface area contributed by atoms with Gasteiger partial charge < -0.3 is 14.4 Å². The molecule has 0 radical (unpaired) electrons. The minimum atomic E-state index is -0.211. The molecule has 4 heterocycles. The maximum atomic E-state index is 13.2. The third kappa shape index (κ3) is 4.30. The van der Waals surface area contributed by atoms with Gasteiger partial charge in [0, 0.05) is 38.5 Å². The molecule has 1 atom stereocenters. The van der Waals surface area contributed by atoms with Crippen molar-refractivity contribution in [1.82, 2.24) is 19.3 Å². The van der Waals surface area contributed by atoms with Crippen LogP contribution in [0.15, 0.2) is 35.3 Å². The van der Waals surface area contributed by atoms with E-state index >= 15 is 0 Å². The van der Waals surface area contributed by atoms with Gasteiger partial charge in [-0.05, 0) is 50.7 Å². The van der Waals surface area contributed by atoms with Crippen LogP contribution in [0.4, 0.5) is 5.82 Å². The molecule has 10 heteroatoms. The third-order valence-corrected chi connectivity index (χ3v) is 7.64. The summed E-state index contributed by atoms with van der Waals surface area (Å²) in [5.74, 6) is 1.99. The summed E-state index contributed by atoms with van der Waals surface area (Å²) >= 11 is 13.1. The molecule has 3 aromatic rings. The summed E-state index contributed by atoms with van der Waals surface area (Å²) in [4.78, 5) is 20.1. The van der Waals surface area contributed by atoms with E-state index in [1.54, 1.807) is 49.1 Å². The van der Waals surface area contributed by atoms with E-state index in [1.807, 2.05) is 0 Å². The van der Waals surface area contributed by atoms with Gasteiger partial charge in [0.1, 0.15) is 22.4 Å². The van der Waals surface area contributed by atoms with Crippen molar-refractivity contribution < 1.29 is 9.47 Å². The van der Waals surface area contributed by atoms with Gasteiger partial charge in [-0.3, -0.25) is 14.0 Å². The first-order valence-corrected chi connectivity index (χ1v) is 12.1. The zero-order valence-electron chi connectivity index (χ0n) is 19.4. The first kappa shape index (κ1) is 23.2. The van der Waals surface area contributed by atoms with Crippen molar-refractivity contribution in [2.24, 2.45) is 12.5 Å². The lowest BCUT2D eigenvalue weighted by Crippen LogP contribution is -2.41. The van der Waals surface area contributed by atoms with E-state index in [0.29, 0.717) is 35.1 Å². The Bertz CT molecular complexity index is 1280. The third-order valence-electron chi connectivity index (χ3n) is 6.79. The second kappa shape index (κ2) is 8.91. The number of benzene rings is 1. The molecule has 2 aliphatic rings. The van der Waals surface area contributed by atoms with E-state index in [4.69, 9.17) is 37.7 Å². The number of hydrogen-bond donors (Lipinski definition) is 0. The molecule has 0 saturated carbocycles. The molecular formula is C24H27Cl2N5O3. The largest absolute Gasteiger partial charge is 0.436 e. The molecule has 0 aliphatic carbocycles. The van der Waals surface area contributed by atoms with Crippen molar-refractivity contribution in [3.8, 4) is 17.3 Å². The van der Waals surface area contributed by atoms with Gasteiger partial charge in [0.15, 0.2) is 0 Å². The van der Waals surface area contributed by atoms with Gasteiger partial charge in [0.25, 0.3) is 5.56 Å². The Labute approximate surface area is 208 Å². The number of nitrogens with zero attached hydrogens (tertiary/aromatic N) is 5. The molecule has 2 fully saturated rings. The van der Waals surface area contributed by atoms with E-state index in [1.165, 1.54) is 4.57 Å². The van der Waals surface area contributed by atoms with E-state index in [0.717, 1.165) is 39.0 Å². The maximum Gasteiger partial charge on any atom is 0.260 e. The van der Waals surface area contributed by atoms with Crippen molar-refractivity contribution in [3.05, 3.63) is 56.7 Å². The van der Waals surface area contributed by atoms with Crippen LogP contribution in [0.5, 0.6) is 11.6 Å². The summed E-state index contributed by atoms with van der Waals surface area (Å²) in [5.41, 5.74) is 0.511. The van der Waals surface area contributed by atoms with Gasteiger partial charge in [0.2, 0.25) is 5.88 Å². The number of halogens is 2. The topological polar surface area (TPSA) is 74.4 Å². The van der Waals surface area contributed by atoms with Crippen molar-refractivity contribution in [2.75, 3.05) is 24.6 Å². The Hall–Kier alpha value is -2.55. The molecular weight excluding hydrogens is 477 g/mol. The Balaban J connectivity index is 1.39. The van der Waals surface area contributed by atoms with Gasteiger partial charge >= 0.3 is 0 Å². The van der Waals surface area contributed by atoms with Crippen LogP contribution in [-0.4, -0.2) is 45.1 Å². The lowest BCUT2D eigenvalue weighted by Gasteiger charge is -2.39. The van der Waals surface area contributed by atoms with Crippen LogP contribution in [0.25, 0.3) is 5.69 Å². The first-order chi connectivity index (χ1) is 16.2. The van der Waals surface area contributed by atoms with Gasteiger partial charge in [-0.2, -0.15) is 0 Å². The zero-order chi connectivity index (χ0) is 24.0. The number of aryl methyl sites for hydroxylation is 2. The Morgan fingerprint density at radius 3 is 2.56 bits per heavy atom. The molecule has 0 amide bonds. The van der Waals surface area contributed by atoms with E-state index in [2.05, 4.69) is 16.9 Å². The lowest BCUT2D eigenvalue weighted by atomic mass is 9.77. The van der Waals surface area contributed by atoms with Crippen LogP contribution in [0, 0.1) is 12.3 Å². The molecule has 5 rings (SSSR count). The molecule has 0 N–H and O–H groups in total. The number of anilines is 1. The Morgan fingerprint density at radius 2 is 1.94 bits per heavy atom. The molecule has 0 bridgehead atoms. The SMILES string of the molecule is Cc1nc(N2CCC3(CC2)CO[C@@H](C)C3)cc(=O)n1-c1ccc(Oc2ccn(C)n2)c(Cl)c1Cl. The van der Waals surface area contributed by atoms with E-state index < -0.39 is 0 Å². The van der Waals surface area contributed by atoms with Gasteiger partial charge in [-0.15, -0.1) is 5.10 Å². The smallest absolute Gasteiger partial charge is 0.260 e. The number of hydrogen-bond acceptors (Lipinski definition) is 6. The minimum Gasteiger partial charge on any atom is -0.436 e. The van der Waals surface area contributed by atoms with Crippen LogP contribution >= 0.6 is 23.2 Å². The monoisotopic (exact) mass is 503 g/mol. The molecule has 2 aromatic heterocycles. The van der Waals surface area contributed by atoms with Crippen molar-refractivity contribution in [2.45, 2.75) is 39.2 Å². The summed E-state index contributed by atoms with van der Waals surface area (Å²) in [6.07, 6.45) is 5.28. The number of ether oxygens (including phenoxy) is 2. The number of rotatable bonds is 4. The standard InChI is InChI=1S/C24H27Cl2N5O3/c1-15-13-24(14-33-15)7-10-30(11-8-24)19-12-21(32)31(16(2)27-19)17-4-5-18(23(26)22(17)25)34-20-6-9-29(3)28-20/h4-6,9,12,15H,7-8,10-11,13-14H2,1-3H3/t15-/m0/s1. The first-order valence-electron chi connectivity index (χ1n) is 11.4. The van der Waals surface area contributed by atoms with E-state index in [9.17, 15) is 4.79 Å². The highest BCUT2D eigenvalue weighted by Crippen LogP contribution is 2.42. The lowest BCUT2D eigenvalue weighted by molar-refractivity contribution is 0.0976. The predicted molar refractivity (Wildman–Crippen MR) is 132 cm³/mol. The molecule has 34 heavy (non-hydrogen) atoms. The fourth-order valence-electron chi connectivity index (χ4n) is 4.98. The summed E-state index contributed by atoms with van der Waals surface area (Å²) in [5, 5.41) is 4.60. The molecule has 1 spiro atoms. The van der Waals surface area contributed by atoms with Crippen LogP contribution in [0.1, 0.15) is 32.0 Å². The van der Waals surface area contributed by atoms with Crippen LogP contribution in [-0.2, 0) is 11.8 Å². The summed E-state index contributed by atoms with van der Waals surface area (Å²) in [6.45, 7) is 6.48. The fourth-order valence-corrected chi connectivity index (χ4v) is 5.42. The highest BCUT2D eigenvalue weighted by Gasteiger charge is 2.41. The zero-order valence-corrected chi connectivity index (χ0v) is 20.9. The van der Waals surface area contributed by atoms with E-state index in [-0.39, 0.29) is 21.0 Å². The van der Waals surface area contributed by atoms with Crippen molar-refractivity contribution >= 4 is 29.0 Å². The summed E-state index contributed by atoms with van der Waals surface area (Å²) < 4.78 is 14.7.